The molecule has 14 heavy (non-hydrogen) atoms. The van der Waals surface area contributed by atoms with Crippen LogP contribution >= 0.6 is 27.3 Å². The number of hydrogen-bond acceptors (Lipinski definition) is 2. The number of alkyl halides is 1. The van der Waals surface area contributed by atoms with Crippen LogP contribution in [0.15, 0.2) is 35.7 Å². The number of nitrogens with zero attached hydrogens (tertiary/aromatic N) is 1. The molecule has 1 aromatic heterocycles. The van der Waals surface area contributed by atoms with E-state index >= 15 is 0 Å². The van der Waals surface area contributed by atoms with Gasteiger partial charge >= 0.3 is 0 Å². The first kappa shape index (κ1) is 9.87. The second kappa shape index (κ2) is 4.71. The Labute approximate surface area is 95.9 Å². The normalized spacial score (nSPS) is 10.4. The zero-order valence-corrected chi connectivity index (χ0v) is 10.0. The van der Waals surface area contributed by atoms with Crippen molar-refractivity contribution in [2.75, 3.05) is 0 Å². The summed E-state index contributed by atoms with van der Waals surface area (Å²) in [6.07, 6.45) is 0.943. The highest BCUT2D eigenvalue weighted by molar-refractivity contribution is 9.08. The summed E-state index contributed by atoms with van der Waals surface area (Å²) in [5, 5.41) is 4.14. The van der Waals surface area contributed by atoms with Crippen LogP contribution in [0.2, 0.25) is 0 Å². The van der Waals surface area contributed by atoms with E-state index in [1.165, 1.54) is 10.6 Å². The molecule has 0 bridgehead atoms. The molecule has 0 aliphatic carbocycles. The predicted molar refractivity (Wildman–Crippen MR) is 64.0 cm³/mol. The lowest BCUT2D eigenvalue weighted by Gasteiger charge is -1.95. The van der Waals surface area contributed by atoms with Crippen LogP contribution in [0.25, 0.3) is 0 Å². The van der Waals surface area contributed by atoms with Crippen molar-refractivity contribution in [1.82, 2.24) is 4.98 Å². The first-order chi connectivity index (χ1) is 6.88. The van der Waals surface area contributed by atoms with Gasteiger partial charge in [0.25, 0.3) is 0 Å². The van der Waals surface area contributed by atoms with Crippen molar-refractivity contribution < 1.29 is 0 Å². The molecular weight excluding hydrogens is 258 g/mol. The molecule has 0 amide bonds. The fraction of sp³-hybridized carbons (Fsp3) is 0.182. The van der Waals surface area contributed by atoms with Crippen molar-refractivity contribution in [1.29, 1.82) is 0 Å². The SMILES string of the molecule is BrCc1csc(Cc2ccccc2)n1. The van der Waals surface area contributed by atoms with Gasteiger partial charge in [0, 0.05) is 17.1 Å². The monoisotopic (exact) mass is 267 g/mol. The zero-order valence-electron chi connectivity index (χ0n) is 7.61. The second-order valence-corrected chi connectivity index (χ2v) is 4.53. The molecule has 0 spiro atoms. The summed E-state index contributed by atoms with van der Waals surface area (Å²) in [6, 6.07) is 10.4. The lowest BCUT2D eigenvalue weighted by atomic mass is 10.2. The standard InChI is InChI=1S/C11H10BrNS/c12-7-10-8-14-11(13-10)6-9-4-2-1-3-5-9/h1-5,8H,6-7H2. The topological polar surface area (TPSA) is 12.9 Å². The maximum absolute atomic E-state index is 4.50. The number of benzene rings is 1. The quantitative estimate of drug-likeness (QED) is 0.775. The number of aromatic nitrogens is 1. The van der Waals surface area contributed by atoms with Crippen molar-refractivity contribution >= 4 is 27.3 Å². The average molecular weight is 268 g/mol. The molecule has 1 aromatic carbocycles. The maximum Gasteiger partial charge on any atom is 0.0972 e. The Hall–Kier alpha value is -0.670. The van der Waals surface area contributed by atoms with E-state index in [4.69, 9.17) is 0 Å². The summed E-state index contributed by atoms with van der Waals surface area (Å²) in [6.45, 7) is 0. The molecule has 2 aromatic rings. The smallest absolute Gasteiger partial charge is 0.0972 e. The Morgan fingerprint density at radius 2 is 2.00 bits per heavy atom. The van der Waals surface area contributed by atoms with Gasteiger partial charge in [0.05, 0.1) is 10.7 Å². The molecule has 1 heterocycles. The molecule has 0 aliphatic rings. The molecule has 0 unspecified atom stereocenters. The largest absolute Gasteiger partial charge is 0.245 e. The van der Waals surface area contributed by atoms with Gasteiger partial charge in [0.1, 0.15) is 0 Å². The maximum atomic E-state index is 4.50. The Kier molecular flexibility index (Phi) is 3.32. The molecule has 0 aliphatic heterocycles. The van der Waals surface area contributed by atoms with Crippen molar-refractivity contribution in [2.24, 2.45) is 0 Å². The fourth-order valence-corrected chi connectivity index (χ4v) is 2.59. The van der Waals surface area contributed by atoms with Crippen molar-refractivity contribution in [2.45, 2.75) is 11.8 Å². The number of halogens is 1. The molecule has 0 radical (unpaired) electrons. The fourth-order valence-electron chi connectivity index (χ4n) is 1.26. The molecule has 0 saturated heterocycles. The highest BCUT2D eigenvalue weighted by atomic mass is 79.9. The van der Waals surface area contributed by atoms with Gasteiger partial charge in [0.15, 0.2) is 0 Å². The van der Waals surface area contributed by atoms with Gasteiger partial charge in [-0.1, -0.05) is 46.3 Å². The summed E-state index contributed by atoms with van der Waals surface area (Å²) >= 11 is 5.13. The van der Waals surface area contributed by atoms with Crippen LogP contribution in [0.4, 0.5) is 0 Å². The summed E-state index contributed by atoms with van der Waals surface area (Å²) in [5.41, 5.74) is 2.45. The van der Waals surface area contributed by atoms with Crippen molar-refractivity contribution in [3.8, 4) is 0 Å². The van der Waals surface area contributed by atoms with E-state index in [1.807, 2.05) is 6.07 Å². The van der Waals surface area contributed by atoms with Crippen LogP contribution in [0.1, 0.15) is 16.3 Å². The van der Waals surface area contributed by atoms with Crippen LogP contribution in [0, 0.1) is 0 Å². The number of rotatable bonds is 3. The Balaban J connectivity index is 2.11. The van der Waals surface area contributed by atoms with Crippen LogP contribution in [0.5, 0.6) is 0 Å². The first-order valence-electron chi connectivity index (χ1n) is 4.41. The number of thiazole rings is 1. The van der Waals surface area contributed by atoms with Gasteiger partial charge < -0.3 is 0 Å². The van der Waals surface area contributed by atoms with E-state index in [9.17, 15) is 0 Å². The summed E-state index contributed by atoms with van der Waals surface area (Å²) in [7, 11) is 0. The van der Waals surface area contributed by atoms with Gasteiger partial charge in [-0.25, -0.2) is 4.98 Å². The van der Waals surface area contributed by atoms with E-state index < -0.39 is 0 Å². The molecule has 3 heteroatoms. The van der Waals surface area contributed by atoms with E-state index in [0.29, 0.717) is 0 Å². The van der Waals surface area contributed by atoms with E-state index in [2.05, 4.69) is 50.6 Å². The minimum atomic E-state index is 0.846. The predicted octanol–water partition coefficient (Wildman–Crippen LogP) is 3.63. The zero-order chi connectivity index (χ0) is 9.80. The summed E-state index contributed by atoms with van der Waals surface area (Å²) in [4.78, 5) is 4.50. The van der Waals surface area contributed by atoms with E-state index in [1.54, 1.807) is 11.3 Å². The third kappa shape index (κ3) is 2.42. The van der Waals surface area contributed by atoms with Gasteiger partial charge in [-0.2, -0.15) is 0 Å². The van der Waals surface area contributed by atoms with Crippen LogP contribution in [0.3, 0.4) is 0 Å². The van der Waals surface area contributed by atoms with Gasteiger partial charge in [-0.15, -0.1) is 11.3 Å². The lowest BCUT2D eigenvalue weighted by Crippen LogP contribution is -1.87. The molecule has 1 nitrogen and oxygen atoms in total. The van der Waals surface area contributed by atoms with E-state index in [-0.39, 0.29) is 0 Å². The third-order valence-corrected chi connectivity index (χ3v) is 3.41. The average Bonchev–Trinajstić information content (AvgIpc) is 2.67. The van der Waals surface area contributed by atoms with E-state index in [0.717, 1.165) is 17.4 Å². The van der Waals surface area contributed by atoms with Crippen LogP contribution in [-0.2, 0) is 11.8 Å². The highest BCUT2D eigenvalue weighted by Gasteiger charge is 2.01. The van der Waals surface area contributed by atoms with Gasteiger partial charge in [0.2, 0.25) is 0 Å². The third-order valence-electron chi connectivity index (χ3n) is 1.93. The molecule has 72 valence electrons. The van der Waals surface area contributed by atoms with Crippen LogP contribution in [-0.4, -0.2) is 4.98 Å². The molecule has 0 atom stereocenters. The van der Waals surface area contributed by atoms with Gasteiger partial charge in [-0.3, -0.25) is 0 Å². The Bertz CT molecular complexity index is 397. The van der Waals surface area contributed by atoms with Gasteiger partial charge in [-0.05, 0) is 5.56 Å². The molecule has 0 fully saturated rings. The molecule has 2 rings (SSSR count). The Morgan fingerprint density at radius 1 is 1.21 bits per heavy atom. The summed E-state index contributed by atoms with van der Waals surface area (Å²) < 4.78 is 0. The first-order valence-corrected chi connectivity index (χ1v) is 6.42. The minimum absolute atomic E-state index is 0.846. The number of hydrogen-bond donors (Lipinski definition) is 0. The minimum Gasteiger partial charge on any atom is -0.245 e. The van der Waals surface area contributed by atoms with Crippen molar-refractivity contribution in [3.05, 3.63) is 52.0 Å². The summed E-state index contributed by atoms with van der Waals surface area (Å²) in [5.74, 6) is 0. The molecule has 0 saturated carbocycles. The second-order valence-electron chi connectivity index (χ2n) is 3.03. The molecule has 0 N–H and O–H groups in total. The van der Waals surface area contributed by atoms with Crippen molar-refractivity contribution in [3.63, 3.8) is 0 Å². The highest BCUT2D eigenvalue weighted by Crippen LogP contribution is 2.16. The lowest BCUT2D eigenvalue weighted by molar-refractivity contribution is 1.10. The molecular formula is C11H10BrNS. The van der Waals surface area contributed by atoms with Crippen LogP contribution < -0.4 is 0 Å². The Morgan fingerprint density at radius 3 is 2.64 bits per heavy atom.